The second-order valence-corrected chi connectivity index (χ2v) is 8.69. The number of carbonyl (C=O) groups is 2. The SMILES string of the molecule is CNC(=O)c1cc(C(=O)NCC[C@@H]2CNCCC2(F)F)cc2c1O[C@@H](C)[C@@H]2c1ccccc1. The largest absolute Gasteiger partial charge is 0.489 e. The Morgan fingerprint density at radius 3 is 2.64 bits per heavy atom. The summed E-state index contributed by atoms with van der Waals surface area (Å²) in [5.41, 5.74) is 2.38. The number of fused-ring (bicyclic) bond motifs is 1. The quantitative estimate of drug-likeness (QED) is 0.622. The summed E-state index contributed by atoms with van der Waals surface area (Å²) in [6, 6.07) is 13.0. The minimum atomic E-state index is -2.73. The first-order valence-corrected chi connectivity index (χ1v) is 11.3. The van der Waals surface area contributed by atoms with Crippen LogP contribution < -0.4 is 20.7 Å². The molecule has 2 aromatic rings. The minimum absolute atomic E-state index is 0.127. The normalized spacial score (nSPS) is 23.3. The van der Waals surface area contributed by atoms with Crippen LogP contribution >= 0.6 is 0 Å². The topological polar surface area (TPSA) is 79.5 Å². The molecule has 0 bridgehead atoms. The van der Waals surface area contributed by atoms with E-state index < -0.39 is 17.7 Å². The van der Waals surface area contributed by atoms with Gasteiger partial charge in [-0.2, -0.15) is 0 Å². The Balaban J connectivity index is 1.58. The third-order valence-corrected chi connectivity index (χ3v) is 6.52. The molecule has 0 aliphatic carbocycles. The highest BCUT2D eigenvalue weighted by molar-refractivity contribution is 6.02. The molecule has 3 atom stereocenters. The average molecular weight is 458 g/mol. The second-order valence-electron chi connectivity index (χ2n) is 8.69. The van der Waals surface area contributed by atoms with Crippen molar-refractivity contribution in [3.8, 4) is 5.75 Å². The highest BCUT2D eigenvalue weighted by atomic mass is 19.3. The first-order valence-electron chi connectivity index (χ1n) is 11.3. The van der Waals surface area contributed by atoms with Gasteiger partial charge >= 0.3 is 0 Å². The molecular weight excluding hydrogens is 428 g/mol. The maximum atomic E-state index is 14.1. The maximum Gasteiger partial charge on any atom is 0.254 e. The standard InChI is InChI=1S/C25H29F2N3O3/c1-15-21(16-6-4-3-5-7-16)19-12-17(13-20(22(19)33-15)24(32)28-2)23(31)30-10-8-18-14-29-11-9-25(18,26)27/h3-7,12-13,15,18,21,29H,8-11,14H2,1-2H3,(H,28,32)(H,30,31)/t15-,18+,21+/m0/s1. The molecule has 0 unspecified atom stereocenters. The molecule has 2 amide bonds. The van der Waals surface area contributed by atoms with Crippen LogP contribution in [0.3, 0.4) is 0 Å². The molecule has 0 spiro atoms. The van der Waals surface area contributed by atoms with E-state index in [1.165, 1.54) is 13.1 Å². The fourth-order valence-electron chi connectivity index (χ4n) is 4.73. The molecule has 6 nitrogen and oxygen atoms in total. The van der Waals surface area contributed by atoms with Crippen LogP contribution in [0.5, 0.6) is 5.75 Å². The van der Waals surface area contributed by atoms with E-state index in [4.69, 9.17) is 4.74 Å². The molecule has 2 aliphatic rings. The molecule has 0 saturated carbocycles. The van der Waals surface area contributed by atoms with Gasteiger partial charge in [-0.05, 0) is 31.0 Å². The van der Waals surface area contributed by atoms with Gasteiger partial charge in [-0.15, -0.1) is 0 Å². The van der Waals surface area contributed by atoms with Gasteiger partial charge in [0.25, 0.3) is 17.7 Å². The third-order valence-electron chi connectivity index (χ3n) is 6.52. The molecule has 8 heteroatoms. The lowest BCUT2D eigenvalue weighted by molar-refractivity contribution is -0.0801. The number of nitrogens with one attached hydrogen (secondary N) is 3. The van der Waals surface area contributed by atoms with E-state index in [-0.39, 0.29) is 49.4 Å². The minimum Gasteiger partial charge on any atom is -0.489 e. The van der Waals surface area contributed by atoms with Gasteiger partial charge in [-0.1, -0.05) is 30.3 Å². The first-order chi connectivity index (χ1) is 15.8. The van der Waals surface area contributed by atoms with Crippen LogP contribution in [0.15, 0.2) is 42.5 Å². The zero-order valence-electron chi connectivity index (χ0n) is 18.8. The Morgan fingerprint density at radius 1 is 1.18 bits per heavy atom. The van der Waals surface area contributed by atoms with Crippen molar-refractivity contribution in [1.29, 1.82) is 0 Å². The molecule has 176 valence electrons. The lowest BCUT2D eigenvalue weighted by Gasteiger charge is -2.31. The van der Waals surface area contributed by atoms with Crippen molar-refractivity contribution in [2.24, 2.45) is 5.92 Å². The Labute approximate surface area is 192 Å². The van der Waals surface area contributed by atoms with Crippen LogP contribution in [-0.2, 0) is 0 Å². The molecule has 3 N–H and O–H groups in total. The van der Waals surface area contributed by atoms with Gasteiger partial charge in [0.1, 0.15) is 11.9 Å². The van der Waals surface area contributed by atoms with E-state index in [1.807, 2.05) is 37.3 Å². The number of alkyl halides is 2. The van der Waals surface area contributed by atoms with Gasteiger partial charge in [0.15, 0.2) is 0 Å². The number of halogens is 2. The van der Waals surface area contributed by atoms with E-state index in [9.17, 15) is 18.4 Å². The summed E-state index contributed by atoms with van der Waals surface area (Å²) in [5.74, 6) is -3.96. The van der Waals surface area contributed by atoms with E-state index in [0.717, 1.165) is 11.1 Å². The number of hydrogen-bond donors (Lipinski definition) is 3. The molecule has 4 rings (SSSR count). The molecule has 1 saturated heterocycles. The summed E-state index contributed by atoms with van der Waals surface area (Å²) in [6.45, 7) is 2.60. The summed E-state index contributed by atoms with van der Waals surface area (Å²) in [7, 11) is 1.52. The molecular formula is C25H29F2N3O3. The van der Waals surface area contributed by atoms with Crippen molar-refractivity contribution in [2.45, 2.75) is 37.7 Å². The second kappa shape index (κ2) is 9.47. The fourth-order valence-corrected chi connectivity index (χ4v) is 4.73. The van der Waals surface area contributed by atoms with Crippen molar-refractivity contribution in [3.05, 3.63) is 64.7 Å². The third kappa shape index (κ3) is 4.71. The summed E-state index contributed by atoms with van der Waals surface area (Å²) in [5, 5.41) is 8.34. The summed E-state index contributed by atoms with van der Waals surface area (Å²) in [4.78, 5) is 25.5. The van der Waals surface area contributed by atoms with Crippen LogP contribution in [-0.4, -0.2) is 50.5 Å². The molecule has 1 fully saturated rings. The van der Waals surface area contributed by atoms with E-state index in [2.05, 4.69) is 16.0 Å². The van der Waals surface area contributed by atoms with Crippen LogP contribution in [0.2, 0.25) is 0 Å². The average Bonchev–Trinajstić information content (AvgIpc) is 3.14. The van der Waals surface area contributed by atoms with Crippen molar-refractivity contribution in [3.63, 3.8) is 0 Å². The van der Waals surface area contributed by atoms with Gasteiger partial charge in [0, 0.05) is 56.1 Å². The monoisotopic (exact) mass is 457 g/mol. The molecule has 0 radical (unpaired) electrons. The summed E-state index contributed by atoms with van der Waals surface area (Å²) >= 11 is 0. The van der Waals surface area contributed by atoms with E-state index in [0.29, 0.717) is 17.9 Å². The van der Waals surface area contributed by atoms with Gasteiger partial charge in [-0.25, -0.2) is 8.78 Å². The Hall–Kier alpha value is -3.00. The Morgan fingerprint density at radius 2 is 1.94 bits per heavy atom. The number of piperidine rings is 1. The predicted octanol–water partition coefficient (Wildman–Crippen LogP) is 3.32. The Bertz CT molecular complexity index is 1030. The fraction of sp³-hybridized carbons (Fsp3) is 0.440. The van der Waals surface area contributed by atoms with Crippen LogP contribution in [0.1, 0.15) is 57.5 Å². The number of rotatable bonds is 6. The molecule has 0 aromatic heterocycles. The van der Waals surface area contributed by atoms with Crippen LogP contribution in [0.25, 0.3) is 0 Å². The molecule has 2 heterocycles. The number of amides is 2. The number of carbonyl (C=O) groups excluding carboxylic acids is 2. The molecule has 2 aliphatic heterocycles. The van der Waals surface area contributed by atoms with Crippen molar-refractivity contribution in [1.82, 2.24) is 16.0 Å². The number of hydrogen-bond acceptors (Lipinski definition) is 4. The van der Waals surface area contributed by atoms with Gasteiger partial charge < -0.3 is 20.7 Å². The van der Waals surface area contributed by atoms with Crippen LogP contribution in [0, 0.1) is 5.92 Å². The maximum absolute atomic E-state index is 14.1. The predicted molar refractivity (Wildman–Crippen MR) is 121 cm³/mol. The number of benzene rings is 2. The summed E-state index contributed by atoms with van der Waals surface area (Å²) in [6.07, 6.45) is -0.235. The van der Waals surface area contributed by atoms with Gasteiger partial charge in [0.05, 0.1) is 5.56 Å². The van der Waals surface area contributed by atoms with Crippen molar-refractivity contribution >= 4 is 11.8 Å². The van der Waals surface area contributed by atoms with Crippen LogP contribution in [0.4, 0.5) is 8.78 Å². The molecule has 33 heavy (non-hydrogen) atoms. The zero-order chi connectivity index (χ0) is 23.6. The van der Waals surface area contributed by atoms with Crippen molar-refractivity contribution < 1.29 is 23.1 Å². The highest BCUT2D eigenvalue weighted by Gasteiger charge is 2.41. The van der Waals surface area contributed by atoms with Crippen molar-refractivity contribution in [2.75, 3.05) is 26.7 Å². The van der Waals surface area contributed by atoms with Gasteiger partial charge in [0.2, 0.25) is 0 Å². The molecule has 2 aromatic carbocycles. The lowest BCUT2D eigenvalue weighted by atomic mass is 9.87. The summed E-state index contributed by atoms with van der Waals surface area (Å²) < 4.78 is 34.2. The Kier molecular flexibility index (Phi) is 6.65. The highest BCUT2D eigenvalue weighted by Crippen LogP contribution is 2.45. The lowest BCUT2D eigenvalue weighted by Crippen LogP contribution is -2.45. The zero-order valence-corrected chi connectivity index (χ0v) is 18.8. The van der Waals surface area contributed by atoms with Gasteiger partial charge in [-0.3, -0.25) is 9.59 Å². The van der Waals surface area contributed by atoms with E-state index >= 15 is 0 Å². The smallest absolute Gasteiger partial charge is 0.254 e. The first kappa shape index (κ1) is 23.2. The van der Waals surface area contributed by atoms with E-state index in [1.54, 1.807) is 6.07 Å². The number of ether oxygens (including phenoxy) is 1.